The molecule has 62 heavy (non-hydrogen) atoms. The van der Waals surface area contributed by atoms with Crippen LogP contribution < -0.4 is 20.7 Å². The summed E-state index contributed by atoms with van der Waals surface area (Å²) in [6.45, 7) is 5.08. The van der Waals surface area contributed by atoms with Gasteiger partial charge in [0.05, 0.1) is 6.42 Å². The zero-order valence-electron chi connectivity index (χ0n) is 34.3. The number of esters is 1. The molecular weight excluding hydrogens is 827 g/mol. The molecule has 3 unspecified atom stereocenters. The molecule has 0 spiro atoms. The van der Waals surface area contributed by atoms with Gasteiger partial charge in [-0.05, 0) is 93.7 Å². The van der Waals surface area contributed by atoms with Crippen LogP contribution in [-0.2, 0) is 51.1 Å². The average Bonchev–Trinajstić information content (AvgIpc) is 3.85. The van der Waals surface area contributed by atoms with Crippen LogP contribution in [0.5, 0.6) is 5.75 Å². The van der Waals surface area contributed by atoms with Crippen LogP contribution in [0.1, 0.15) is 70.4 Å². The van der Waals surface area contributed by atoms with Gasteiger partial charge in [0.2, 0.25) is 35.4 Å². The van der Waals surface area contributed by atoms with Crippen molar-refractivity contribution in [2.24, 2.45) is 5.92 Å². The van der Waals surface area contributed by atoms with Gasteiger partial charge in [-0.25, -0.2) is 13.6 Å². The number of carbonyl (C=O) groups is 7. The second-order valence-corrected chi connectivity index (χ2v) is 16.4. The highest BCUT2D eigenvalue weighted by atomic mass is 19.4. The molecule has 2 aromatic carbocycles. The summed E-state index contributed by atoms with van der Waals surface area (Å²) < 4.78 is 76.5. The molecule has 0 radical (unpaired) electrons. The largest absolute Gasteiger partial charge is 0.573 e. The second-order valence-electron chi connectivity index (χ2n) is 16.4. The average molecular weight is 877 g/mol. The minimum Gasteiger partial charge on any atom is -0.458 e. The molecule has 8 atom stereocenters. The summed E-state index contributed by atoms with van der Waals surface area (Å²) in [4.78, 5) is 102. The lowest BCUT2D eigenvalue weighted by atomic mass is 9.99. The molecule has 3 N–H and O–H groups in total. The predicted molar refractivity (Wildman–Crippen MR) is 207 cm³/mol. The molecule has 2 aromatic rings. The standard InChI is InChI=1S/C42H49F5N6O9/c1-22-15-33-41(60)61-24(3)35(40(59)52-14-6-8-32(52)39(58)51-13-5-4-7-31(51)37(56)48-23(2)38(57)53(33)21-22)50-36(55)30(18-26-16-27(43)20-28(44)17-26)49-34(54)19-25-9-11-29(12-10-25)62-42(45,46)47/h9-12,16-17,20,22-24,30-33,35H,4-8,13-15,18-19,21H2,1-3H3,(H,48,56)(H,49,54)(H,50,55)/t22-,23+,24+,30+,31?,32?,33?,35+/m1/s1. The fourth-order valence-electron chi connectivity index (χ4n) is 8.64. The van der Waals surface area contributed by atoms with Crippen molar-refractivity contribution in [3.05, 3.63) is 65.2 Å². The van der Waals surface area contributed by atoms with Crippen LogP contribution in [-0.4, -0.2) is 124 Å². The van der Waals surface area contributed by atoms with E-state index in [1.807, 2.05) is 6.92 Å². The van der Waals surface area contributed by atoms with Crippen molar-refractivity contribution in [2.75, 3.05) is 19.6 Å². The SMILES string of the molecule is C[C@@H]1CC2C(=O)O[C@@H](C)[C@H](NC(=O)[C@H](Cc3cc(F)cc(F)c3)NC(=O)Cc3ccc(OC(F)(F)F)cc3)C(=O)N3CCCC3C(=O)N3CCCCC3C(=O)N[C@@H](C)C(=O)N2C1. The fraction of sp³-hybridized carbons (Fsp3) is 0.548. The van der Waals surface area contributed by atoms with E-state index < -0.39 is 120 Å². The molecular formula is C42H49F5N6O9. The van der Waals surface area contributed by atoms with Crippen molar-refractivity contribution in [1.29, 1.82) is 0 Å². The molecule has 6 rings (SSSR count). The van der Waals surface area contributed by atoms with Gasteiger partial charge in [-0.2, -0.15) is 0 Å². The topological polar surface area (TPSA) is 184 Å². The monoisotopic (exact) mass is 876 g/mol. The van der Waals surface area contributed by atoms with Crippen LogP contribution in [0.3, 0.4) is 0 Å². The van der Waals surface area contributed by atoms with Crippen molar-refractivity contribution in [2.45, 2.75) is 121 Å². The molecule has 15 nitrogen and oxygen atoms in total. The van der Waals surface area contributed by atoms with Crippen molar-refractivity contribution in [3.8, 4) is 5.75 Å². The van der Waals surface area contributed by atoms with Crippen molar-refractivity contribution < 1.29 is 65.0 Å². The highest BCUT2D eigenvalue weighted by Crippen LogP contribution is 2.29. The fourth-order valence-corrected chi connectivity index (χ4v) is 8.64. The Morgan fingerprint density at radius 1 is 0.823 bits per heavy atom. The number of halogens is 5. The summed E-state index contributed by atoms with van der Waals surface area (Å²) in [5.74, 6) is -7.91. The Morgan fingerprint density at radius 3 is 2.15 bits per heavy atom. The number of nitrogens with one attached hydrogen (secondary N) is 3. The van der Waals surface area contributed by atoms with Gasteiger partial charge in [0.1, 0.15) is 59.7 Å². The third-order valence-corrected chi connectivity index (χ3v) is 11.6. The highest BCUT2D eigenvalue weighted by Gasteiger charge is 2.47. The van der Waals surface area contributed by atoms with E-state index in [2.05, 4.69) is 20.7 Å². The van der Waals surface area contributed by atoms with Crippen LogP contribution in [0.4, 0.5) is 22.0 Å². The van der Waals surface area contributed by atoms with Crippen LogP contribution >= 0.6 is 0 Å². The first-order valence-corrected chi connectivity index (χ1v) is 20.6. The van der Waals surface area contributed by atoms with E-state index >= 15 is 0 Å². The maximum absolute atomic E-state index is 14.7. The molecule has 4 saturated heterocycles. The summed E-state index contributed by atoms with van der Waals surface area (Å²) in [6, 6.07) is -0.716. The Hall–Kier alpha value is -5.82. The van der Waals surface area contributed by atoms with Crippen LogP contribution in [0, 0.1) is 17.6 Å². The molecule has 0 bridgehead atoms. The lowest BCUT2D eigenvalue weighted by Gasteiger charge is -2.39. The minimum atomic E-state index is -4.95. The summed E-state index contributed by atoms with van der Waals surface area (Å²) in [7, 11) is 0. The Labute approximate surface area is 354 Å². The number of carbonyl (C=O) groups excluding carboxylic acids is 7. The number of ether oxygens (including phenoxy) is 2. The van der Waals surface area contributed by atoms with Gasteiger partial charge in [0.15, 0.2) is 0 Å². The van der Waals surface area contributed by atoms with E-state index in [1.165, 1.54) is 40.7 Å². The van der Waals surface area contributed by atoms with E-state index in [0.717, 1.165) is 24.3 Å². The zero-order valence-corrected chi connectivity index (χ0v) is 34.3. The van der Waals surface area contributed by atoms with Gasteiger partial charge >= 0.3 is 12.3 Å². The number of cyclic esters (lactones) is 1. The molecule has 4 fully saturated rings. The van der Waals surface area contributed by atoms with E-state index in [0.29, 0.717) is 31.7 Å². The first kappa shape index (κ1) is 45.7. The van der Waals surface area contributed by atoms with Crippen LogP contribution in [0.15, 0.2) is 42.5 Å². The van der Waals surface area contributed by atoms with Crippen LogP contribution in [0.2, 0.25) is 0 Å². The Bertz CT molecular complexity index is 2030. The van der Waals surface area contributed by atoms with Crippen molar-refractivity contribution in [3.63, 3.8) is 0 Å². The molecule has 4 aliphatic heterocycles. The Morgan fingerprint density at radius 2 is 1.47 bits per heavy atom. The number of alkyl halides is 3. The Balaban J connectivity index is 1.32. The summed E-state index contributed by atoms with van der Waals surface area (Å²) >= 11 is 0. The normalized spacial score (nSPS) is 26.8. The minimum absolute atomic E-state index is 0.0575. The molecule has 4 aliphatic rings. The van der Waals surface area contributed by atoms with E-state index in [9.17, 15) is 55.5 Å². The van der Waals surface area contributed by atoms with Gasteiger partial charge < -0.3 is 40.1 Å². The molecule has 0 aromatic heterocycles. The number of hydrogen-bond donors (Lipinski definition) is 3. The van der Waals surface area contributed by atoms with Gasteiger partial charge in [-0.1, -0.05) is 19.1 Å². The predicted octanol–water partition coefficient (Wildman–Crippen LogP) is 2.68. The smallest absolute Gasteiger partial charge is 0.458 e. The number of amides is 6. The molecule has 4 heterocycles. The third kappa shape index (κ3) is 11.0. The van der Waals surface area contributed by atoms with E-state index in [-0.39, 0.29) is 49.5 Å². The number of nitrogens with zero attached hydrogens (tertiary/aromatic N) is 3. The van der Waals surface area contributed by atoms with E-state index in [1.54, 1.807) is 0 Å². The second kappa shape index (κ2) is 19.1. The third-order valence-electron chi connectivity index (χ3n) is 11.6. The number of hydrogen-bond acceptors (Lipinski definition) is 9. The number of piperidine rings is 1. The molecule has 0 saturated carbocycles. The first-order chi connectivity index (χ1) is 29.3. The molecule has 20 heteroatoms. The number of rotatable bonds is 8. The summed E-state index contributed by atoms with van der Waals surface area (Å²) in [5.41, 5.74) is 0.141. The lowest BCUT2D eigenvalue weighted by Crippen LogP contribution is -2.63. The van der Waals surface area contributed by atoms with Gasteiger partial charge in [-0.15, -0.1) is 13.2 Å². The number of fused-ring (bicyclic) bond motifs is 3. The van der Waals surface area contributed by atoms with Crippen LogP contribution in [0.25, 0.3) is 0 Å². The highest BCUT2D eigenvalue weighted by molar-refractivity contribution is 5.98. The van der Waals surface area contributed by atoms with Gasteiger partial charge in [0.25, 0.3) is 0 Å². The van der Waals surface area contributed by atoms with Gasteiger partial charge in [0, 0.05) is 32.1 Å². The number of benzene rings is 2. The first-order valence-electron chi connectivity index (χ1n) is 20.6. The molecule has 0 aliphatic carbocycles. The van der Waals surface area contributed by atoms with Gasteiger partial charge in [-0.3, -0.25) is 28.8 Å². The maximum atomic E-state index is 14.7. The summed E-state index contributed by atoms with van der Waals surface area (Å²) in [5, 5.41) is 7.77. The van der Waals surface area contributed by atoms with Crippen molar-refractivity contribution in [1.82, 2.24) is 30.7 Å². The zero-order chi connectivity index (χ0) is 45.0. The van der Waals surface area contributed by atoms with Crippen molar-refractivity contribution >= 4 is 41.4 Å². The Kier molecular flexibility index (Phi) is 14.1. The molecule has 336 valence electrons. The lowest BCUT2D eigenvalue weighted by molar-refractivity contribution is -0.274. The molecule has 6 amide bonds. The quantitative estimate of drug-likeness (QED) is 0.265. The maximum Gasteiger partial charge on any atom is 0.573 e. The summed E-state index contributed by atoms with van der Waals surface area (Å²) in [6.07, 6.45) is -5.09. The van der Waals surface area contributed by atoms with E-state index in [4.69, 9.17) is 4.74 Å².